The van der Waals surface area contributed by atoms with E-state index in [0.717, 1.165) is 0 Å². The van der Waals surface area contributed by atoms with Crippen LogP contribution in [0.15, 0.2) is 54.1 Å². The summed E-state index contributed by atoms with van der Waals surface area (Å²) in [6, 6.07) is 11.7. The van der Waals surface area contributed by atoms with Gasteiger partial charge in [-0.25, -0.2) is 0 Å². The summed E-state index contributed by atoms with van der Waals surface area (Å²) in [7, 11) is 4.21. The Balaban J connectivity index is 2.04. The molecule has 8 nitrogen and oxygen atoms in total. The number of carbonyl (C=O) groups is 2. The maximum absolute atomic E-state index is 13.6. The number of benzene rings is 3. The maximum Gasteiger partial charge on any atom is 0.300 e. The highest BCUT2D eigenvalue weighted by Crippen LogP contribution is 2.48. The lowest BCUT2D eigenvalue weighted by atomic mass is 9.94. The van der Waals surface area contributed by atoms with Crippen LogP contribution >= 0.6 is 34.8 Å². The summed E-state index contributed by atoms with van der Waals surface area (Å²) in [5.41, 5.74) is 0.592. The van der Waals surface area contributed by atoms with E-state index in [4.69, 9.17) is 53.8 Å². The van der Waals surface area contributed by atoms with Crippen molar-refractivity contribution in [2.75, 3.05) is 32.8 Å². The predicted octanol–water partition coefficient (Wildman–Crippen LogP) is 6.70. The molecule has 204 valence electrons. The minimum absolute atomic E-state index is 0.000868. The number of methoxy groups -OCH3 is 3. The van der Waals surface area contributed by atoms with Crippen LogP contribution in [0, 0.1) is 0 Å². The molecule has 1 fully saturated rings. The number of ether oxygens (including phenoxy) is 4. The Morgan fingerprint density at radius 1 is 0.923 bits per heavy atom. The molecule has 1 aliphatic heterocycles. The number of halogens is 3. The van der Waals surface area contributed by atoms with Crippen molar-refractivity contribution in [1.29, 1.82) is 0 Å². The Morgan fingerprint density at radius 2 is 1.64 bits per heavy atom. The number of hydrogen-bond donors (Lipinski definition) is 1. The standard InChI is InChI=1S/C28H24Cl3NO7/c1-5-39-20-11-14(9-10-19(20)36-2)23-21(25(34)28(35)32(23)16-8-6-7-15(29)12-16)24(33)17-13-18(30)27(38-4)22(31)26(17)37-3/h6-13,23,33H,5H2,1-4H3/b24-21+. The number of anilines is 1. The lowest BCUT2D eigenvalue weighted by Crippen LogP contribution is -2.29. The lowest BCUT2D eigenvalue weighted by Gasteiger charge is -2.26. The van der Waals surface area contributed by atoms with Gasteiger partial charge in [0.25, 0.3) is 11.7 Å². The van der Waals surface area contributed by atoms with Gasteiger partial charge < -0.3 is 24.1 Å². The zero-order valence-corrected chi connectivity index (χ0v) is 23.6. The van der Waals surface area contributed by atoms with Crippen molar-refractivity contribution in [2.45, 2.75) is 13.0 Å². The topological polar surface area (TPSA) is 94.5 Å². The third-order valence-corrected chi connectivity index (χ3v) is 6.99. The number of amides is 1. The van der Waals surface area contributed by atoms with Crippen molar-refractivity contribution in [1.82, 2.24) is 0 Å². The van der Waals surface area contributed by atoms with Gasteiger partial charge in [-0.3, -0.25) is 14.5 Å². The van der Waals surface area contributed by atoms with Gasteiger partial charge in [0.15, 0.2) is 23.0 Å². The maximum atomic E-state index is 13.6. The van der Waals surface area contributed by atoms with E-state index in [-0.39, 0.29) is 32.7 Å². The summed E-state index contributed by atoms with van der Waals surface area (Å²) >= 11 is 19.0. The number of hydrogen-bond acceptors (Lipinski definition) is 7. The summed E-state index contributed by atoms with van der Waals surface area (Å²) in [5, 5.41) is 12.0. The van der Waals surface area contributed by atoms with Crippen LogP contribution in [-0.2, 0) is 9.59 Å². The molecule has 1 amide bonds. The van der Waals surface area contributed by atoms with Crippen LogP contribution in [-0.4, -0.2) is 44.7 Å². The molecule has 0 bridgehead atoms. The van der Waals surface area contributed by atoms with Gasteiger partial charge in [-0.05, 0) is 48.9 Å². The van der Waals surface area contributed by atoms with E-state index >= 15 is 0 Å². The second-order valence-electron chi connectivity index (χ2n) is 8.28. The smallest absolute Gasteiger partial charge is 0.300 e. The lowest BCUT2D eigenvalue weighted by molar-refractivity contribution is -0.132. The minimum atomic E-state index is -1.09. The SMILES string of the molecule is CCOc1cc(C2/C(=C(\O)c3cc(Cl)c(OC)c(Cl)c3OC)C(=O)C(=O)N2c2cccc(Cl)c2)ccc1OC. The molecule has 1 unspecified atom stereocenters. The molecule has 4 rings (SSSR count). The van der Waals surface area contributed by atoms with Crippen LogP contribution in [0.1, 0.15) is 24.1 Å². The fourth-order valence-electron chi connectivity index (χ4n) is 4.46. The van der Waals surface area contributed by atoms with E-state index in [1.54, 1.807) is 42.5 Å². The van der Waals surface area contributed by atoms with E-state index < -0.39 is 23.5 Å². The van der Waals surface area contributed by atoms with Gasteiger partial charge >= 0.3 is 0 Å². The highest BCUT2D eigenvalue weighted by Gasteiger charge is 2.47. The minimum Gasteiger partial charge on any atom is -0.507 e. The number of carbonyl (C=O) groups excluding carboxylic acids is 2. The number of aliphatic hydroxyl groups excluding tert-OH is 1. The van der Waals surface area contributed by atoms with Gasteiger partial charge in [0, 0.05) is 10.7 Å². The van der Waals surface area contributed by atoms with Gasteiger partial charge in [-0.1, -0.05) is 46.9 Å². The zero-order chi connectivity index (χ0) is 28.4. The van der Waals surface area contributed by atoms with Crippen LogP contribution in [0.5, 0.6) is 23.0 Å². The summed E-state index contributed by atoms with van der Waals surface area (Å²) in [5.74, 6) is -1.37. The first kappa shape index (κ1) is 28.4. The van der Waals surface area contributed by atoms with Crippen LogP contribution in [0.2, 0.25) is 15.1 Å². The monoisotopic (exact) mass is 591 g/mol. The number of ketones is 1. The molecule has 0 aromatic heterocycles. The molecule has 3 aromatic rings. The molecule has 1 saturated heterocycles. The van der Waals surface area contributed by atoms with Crippen molar-refractivity contribution < 1.29 is 33.6 Å². The van der Waals surface area contributed by atoms with Crippen molar-refractivity contribution in [3.8, 4) is 23.0 Å². The third kappa shape index (κ3) is 5.07. The fourth-order valence-corrected chi connectivity index (χ4v) is 5.34. The van der Waals surface area contributed by atoms with Gasteiger partial charge in [0.05, 0.1) is 50.1 Å². The Hall–Kier alpha value is -3.59. The van der Waals surface area contributed by atoms with Crippen molar-refractivity contribution in [2.24, 2.45) is 0 Å². The molecule has 1 heterocycles. The van der Waals surface area contributed by atoms with Crippen LogP contribution in [0.25, 0.3) is 5.76 Å². The van der Waals surface area contributed by atoms with Crippen molar-refractivity contribution in [3.63, 3.8) is 0 Å². The Labute approximate surface area is 240 Å². The molecule has 0 aliphatic carbocycles. The van der Waals surface area contributed by atoms with E-state index in [1.807, 2.05) is 6.92 Å². The molecular formula is C28H24Cl3NO7. The first-order valence-corrected chi connectivity index (χ1v) is 12.8. The van der Waals surface area contributed by atoms with E-state index in [2.05, 4.69) is 0 Å². The number of nitrogens with zero attached hydrogens (tertiary/aromatic N) is 1. The molecule has 39 heavy (non-hydrogen) atoms. The second kappa shape index (κ2) is 11.7. The number of Topliss-reactive ketones (excluding diaryl/α,β-unsaturated/α-hetero) is 1. The largest absolute Gasteiger partial charge is 0.507 e. The van der Waals surface area contributed by atoms with Crippen LogP contribution in [0.4, 0.5) is 5.69 Å². The third-order valence-electron chi connectivity index (χ3n) is 6.13. The molecular weight excluding hydrogens is 569 g/mol. The zero-order valence-electron chi connectivity index (χ0n) is 21.4. The van der Waals surface area contributed by atoms with Gasteiger partial charge in [0.2, 0.25) is 0 Å². The molecule has 11 heteroatoms. The summed E-state index contributed by atoms with van der Waals surface area (Å²) in [6.07, 6.45) is 0. The van der Waals surface area contributed by atoms with Crippen molar-refractivity contribution in [3.05, 3.63) is 80.3 Å². The molecule has 3 aromatic carbocycles. The number of rotatable bonds is 8. The van der Waals surface area contributed by atoms with Crippen LogP contribution < -0.4 is 23.8 Å². The average Bonchev–Trinajstić information content (AvgIpc) is 3.18. The van der Waals surface area contributed by atoms with Crippen molar-refractivity contribution >= 4 is 57.9 Å². The predicted molar refractivity (Wildman–Crippen MR) is 150 cm³/mol. The Morgan fingerprint density at radius 3 is 2.26 bits per heavy atom. The highest BCUT2D eigenvalue weighted by molar-refractivity contribution is 6.52. The normalized spacial score (nSPS) is 16.4. The number of aliphatic hydroxyl groups is 1. The Kier molecular flexibility index (Phi) is 8.49. The highest BCUT2D eigenvalue weighted by atomic mass is 35.5. The quantitative estimate of drug-likeness (QED) is 0.177. The van der Waals surface area contributed by atoms with E-state index in [0.29, 0.717) is 34.4 Å². The first-order chi connectivity index (χ1) is 18.7. The fraction of sp³-hybridized carbons (Fsp3) is 0.214. The molecule has 0 saturated carbocycles. The molecule has 0 radical (unpaired) electrons. The van der Waals surface area contributed by atoms with E-state index in [1.165, 1.54) is 32.3 Å². The summed E-state index contributed by atoms with van der Waals surface area (Å²) < 4.78 is 21.8. The first-order valence-electron chi connectivity index (χ1n) is 11.7. The second-order valence-corrected chi connectivity index (χ2v) is 9.50. The van der Waals surface area contributed by atoms with Gasteiger partial charge in [0.1, 0.15) is 10.8 Å². The Bertz CT molecular complexity index is 1490. The van der Waals surface area contributed by atoms with E-state index in [9.17, 15) is 14.7 Å². The van der Waals surface area contributed by atoms with Crippen LogP contribution in [0.3, 0.4) is 0 Å². The van der Waals surface area contributed by atoms with Gasteiger partial charge in [-0.15, -0.1) is 0 Å². The summed E-state index contributed by atoms with van der Waals surface area (Å²) in [6.45, 7) is 2.15. The average molecular weight is 593 g/mol. The molecule has 1 N–H and O–H groups in total. The summed E-state index contributed by atoms with van der Waals surface area (Å²) in [4.78, 5) is 28.3. The molecule has 0 spiro atoms. The molecule has 1 atom stereocenters. The van der Waals surface area contributed by atoms with Gasteiger partial charge in [-0.2, -0.15) is 0 Å². The molecule has 1 aliphatic rings.